The molecular formula is C18H36. The van der Waals surface area contributed by atoms with Crippen LogP contribution in [0.5, 0.6) is 0 Å². The van der Waals surface area contributed by atoms with E-state index in [4.69, 9.17) is 0 Å². The van der Waals surface area contributed by atoms with Crippen LogP contribution in [-0.4, -0.2) is 0 Å². The van der Waals surface area contributed by atoms with E-state index in [0.717, 1.165) is 35.5 Å². The largest absolute Gasteiger partial charge is 0.0654 e. The molecule has 0 spiro atoms. The number of hydrogen-bond acceptors (Lipinski definition) is 0. The molecule has 0 nitrogen and oxygen atoms in total. The fourth-order valence-electron chi connectivity index (χ4n) is 4.22. The minimum Gasteiger partial charge on any atom is -0.0654 e. The minimum atomic E-state index is 0.945. The van der Waals surface area contributed by atoms with Gasteiger partial charge in [-0.2, -0.15) is 0 Å². The topological polar surface area (TPSA) is 0 Å². The molecule has 1 fully saturated rings. The first-order chi connectivity index (χ1) is 8.56. The van der Waals surface area contributed by atoms with Crippen molar-refractivity contribution < 1.29 is 0 Å². The van der Waals surface area contributed by atoms with Crippen molar-refractivity contribution in [1.29, 1.82) is 0 Å². The van der Waals surface area contributed by atoms with Gasteiger partial charge < -0.3 is 0 Å². The lowest BCUT2D eigenvalue weighted by Gasteiger charge is -2.21. The quantitative estimate of drug-likeness (QED) is 0.461. The zero-order chi connectivity index (χ0) is 13.7. The van der Waals surface area contributed by atoms with Crippen molar-refractivity contribution in [3.05, 3.63) is 0 Å². The van der Waals surface area contributed by atoms with Crippen molar-refractivity contribution in [3.63, 3.8) is 0 Å². The molecule has 1 rings (SSSR count). The van der Waals surface area contributed by atoms with Crippen LogP contribution in [0.3, 0.4) is 0 Å². The van der Waals surface area contributed by atoms with E-state index in [1.165, 1.54) is 38.5 Å². The van der Waals surface area contributed by atoms with Gasteiger partial charge in [-0.15, -0.1) is 0 Å². The van der Waals surface area contributed by atoms with E-state index < -0.39 is 0 Å². The van der Waals surface area contributed by atoms with Crippen LogP contribution in [0.25, 0.3) is 0 Å². The van der Waals surface area contributed by atoms with Gasteiger partial charge in [0, 0.05) is 0 Å². The summed E-state index contributed by atoms with van der Waals surface area (Å²) in [7, 11) is 0. The maximum absolute atomic E-state index is 2.50. The van der Waals surface area contributed by atoms with Gasteiger partial charge in [0.25, 0.3) is 0 Å². The summed E-state index contributed by atoms with van der Waals surface area (Å²) >= 11 is 0. The minimum absolute atomic E-state index is 0.945. The maximum atomic E-state index is 2.50. The highest BCUT2D eigenvalue weighted by Gasteiger charge is 2.51. The van der Waals surface area contributed by atoms with Gasteiger partial charge >= 0.3 is 0 Å². The molecule has 108 valence electrons. The van der Waals surface area contributed by atoms with Gasteiger partial charge in [-0.05, 0) is 41.9 Å². The van der Waals surface area contributed by atoms with Crippen LogP contribution in [0.15, 0.2) is 0 Å². The molecular weight excluding hydrogens is 216 g/mol. The van der Waals surface area contributed by atoms with E-state index in [-0.39, 0.29) is 0 Å². The molecule has 0 aromatic heterocycles. The van der Waals surface area contributed by atoms with Crippen LogP contribution in [0.4, 0.5) is 0 Å². The highest BCUT2D eigenvalue weighted by Crippen LogP contribution is 2.57. The highest BCUT2D eigenvalue weighted by atomic mass is 14.6. The summed E-state index contributed by atoms with van der Waals surface area (Å²) in [5, 5.41) is 0. The van der Waals surface area contributed by atoms with Crippen LogP contribution in [0.2, 0.25) is 0 Å². The Morgan fingerprint density at radius 3 is 2.11 bits per heavy atom. The Morgan fingerprint density at radius 1 is 0.944 bits per heavy atom. The van der Waals surface area contributed by atoms with E-state index in [9.17, 15) is 0 Å². The summed E-state index contributed by atoms with van der Waals surface area (Å²) in [6.07, 6.45) is 8.48. The molecule has 6 unspecified atom stereocenters. The summed E-state index contributed by atoms with van der Waals surface area (Å²) in [6, 6.07) is 0. The molecule has 0 amide bonds. The smallest absolute Gasteiger partial charge is 0.0324 e. The van der Waals surface area contributed by atoms with E-state index in [1.807, 2.05) is 0 Å². The Balaban J connectivity index is 2.42. The van der Waals surface area contributed by atoms with Crippen LogP contribution in [-0.2, 0) is 0 Å². The van der Waals surface area contributed by atoms with Gasteiger partial charge in [0.05, 0.1) is 0 Å². The molecule has 0 saturated heterocycles. The predicted molar refractivity (Wildman–Crippen MR) is 82.7 cm³/mol. The first-order valence-electron chi connectivity index (χ1n) is 8.56. The Hall–Kier alpha value is 0. The van der Waals surface area contributed by atoms with Crippen LogP contribution in [0, 0.1) is 35.5 Å². The van der Waals surface area contributed by atoms with Crippen molar-refractivity contribution in [1.82, 2.24) is 0 Å². The average molecular weight is 252 g/mol. The Bertz CT molecular complexity index is 220. The number of rotatable bonds is 9. The molecule has 0 heteroatoms. The molecule has 1 saturated carbocycles. The molecule has 0 heterocycles. The predicted octanol–water partition coefficient (Wildman–Crippen LogP) is 6.16. The summed E-state index contributed by atoms with van der Waals surface area (Å²) in [4.78, 5) is 0. The molecule has 18 heavy (non-hydrogen) atoms. The lowest BCUT2D eigenvalue weighted by Crippen LogP contribution is -2.11. The fraction of sp³-hybridized carbons (Fsp3) is 1.00. The lowest BCUT2D eigenvalue weighted by atomic mass is 9.85. The van der Waals surface area contributed by atoms with Gasteiger partial charge in [0.2, 0.25) is 0 Å². The zero-order valence-electron chi connectivity index (χ0n) is 13.7. The molecule has 0 N–H and O–H groups in total. The van der Waals surface area contributed by atoms with Crippen LogP contribution < -0.4 is 0 Å². The Kier molecular flexibility index (Phi) is 6.74. The van der Waals surface area contributed by atoms with Crippen molar-refractivity contribution in [3.8, 4) is 0 Å². The monoisotopic (exact) mass is 252 g/mol. The average Bonchev–Trinajstić information content (AvgIpc) is 3.03. The normalized spacial score (nSPS) is 32.0. The molecule has 0 aromatic carbocycles. The summed E-state index contributed by atoms with van der Waals surface area (Å²) in [6.45, 7) is 14.5. The molecule has 0 bridgehead atoms. The van der Waals surface area contributed by atoms with Crippen LogP contribution >= 0.6 is 0 Å². The summed E-state index contributed by atoms with van der Waals surface area (Å²) in [5.41, 5.74) is 0. The van der Waals surface area contributed by atoms with Gasteiger partial charge in [-0.1, -0.05) is 73.6 Å². The summed E-state index contributed by atoms with van der Waals surface area (Å²) in [5.74, 6) is 5.99. The van der Waals surface area contributed by atoms with Gasteiger partial charge in [0.15, 0.2) is 0 Å². The van der Waals surface area contributed by atoms with Gasteiger partial charge in [-0.3, -0.25) is 0 Å². The third-order valence-electron chi connectivity index (χ3n) is 5.64. The molecule has 0 radical (unpaired) electrons. The standard InChI is InChI=1S/C18H36/c1-7-10-11-13(4)12-16(9-3)18-15(6)17(18)14(5)8-2/h13-18H,7-12H2,1-6H3. The van der Waals surface area contributed by atoms with E-state index >= 15 is 0 Å². The molecule has 0 aliphatic heterocycles. The molecule has 0 aromatic rings. The van der Waals surface area contributed by atoms with E-state index in [0.29, 0.717) is 0 Å². The first-order valence-corrected chi connectivity index (χ1v) is 8.56. The van der Waals surface area contributed by atoms with Crippen molar-refractivity contribution in [2.75, 3.05) is 0 Å². The second kappa shape index (κ2) is 7.56. The molecule has 1 aliphatic rings. The van der Waals surface area contributed by atoms with Crippen LogP contribution in [0.1, 0.15) is 80.1 Å². The fourth-order valence-corrected chi connectivity index (χ4v) is 4.22. The van der Waals surface area contributed by atoms with Gasteiger partial charge in [-0.25, -0.2) is 0 Å². The first kappa shape index (κ1) is 16.1. The highest BCUT2D eigenvalue weighted by molar-refractivity contribution is 4.99. The second-order valence-corrected chi connectivity index (χ2v) is 7.05. The van der Waals surface area contributed by atoms with Crippen molar-refractivity contribution in [2.45, 2.75) is 80.1 Å². The van der Waals surface area contributed by atoms with E-state index in [2.05, 4.69) is 41.5 Å². The molecule has 6 atom stereocenters. The third kappa shape index (κ3) is 4.00. The third-order valence-corrected chi connectivity index (χ3v) is 5.64. The lowest BCUT2D eigenvalue weighted by molar-refractivity contribution is 0.297. The molecule has 1 aliphatic carbocycles. The summed E-state index contributed by atoms with van der Waals surface area (Å²) < 4.78 is 0. The van der Waals surface area contributed by atoms with E-state index in [1.54, 1.807) is 0 Å². The Labute approximate surface area is 116 Å². The maximum Gasteiger partial charge on any atom is -0.0324 e. The van der Waals surface area contributed by atoms with Gasteiger partial charge in [0.1, 0.15) is 0 Å². The Morgan fingerprint density at radius 2 is 1.61 bits per heavy atom. The van der Waals surface area contributed by atoms with Crippen molar-refractivity contribution >= 4 is 0 Å². The van der Waals surface area contributed by atoms with Crippen molar-refractivity contribution in [2.24, 2.45) is 35.5 Å². The zero-order valence-corrected chi connectivity index (χ0v) is 13.7. The SMILES string of the molecule is CCCCC(C)CC(CC)C1C(C)C1C(C)CC. The number of unbranched alkanes of at least 4 members (excludes halogenated alkanes) is 1. The number of hydrogen-bond donors (Lipinski definition) is 0. The second-order valence-electron chi connectivity index (χ2n) is 7.05.